The van der Waals surface area contributed by atoms with Gasteiger partial charge in [0.05, 0.1) is 6.04 Å². The van der Waals surface area contributed by atoms with E-state index in [2.05, 4.69) is 10.6 Å². The molecule has 1 saturated heterocycles. The second-order valence-corrected chi connectivity index (χ2v) is 9.43. The summed E-state index contributed by atoms with van der Waals surface area (Å²) in [6, 6.07) is 19.3. The highest BCUT2D eigenvalue weighted by molar-refractivity contribution is 6.11. The number of benzene rings is 3. The fraction of sp³-hybridized carbons (Fsp3) is 0.276. The molecular weight excluding hydrogens is 470 g/mol. The Morgan fingerprint density at radius 2 is 1.68 bits per heavy atom. The molecule has 4 amide bonds. The summed E-state index contributed by atoms with van der Waals surface area (Å²) in [5.74, 6) is 0.348. The van der Waals surface area contributed by atoms with Gasteiger partial charge in [-0.25, -0.2) is 4.79 Å². The van der Waals surface area contributed by atoms with Gasteiger partial charge in [0, 0.05) is 0 Å². The fourth-order valence-corrected chi connectivity index (χ4v) is 4.78. The maximum absolute atomic E-state index is 13.9. The van der Waals surface area contributed by atoms with Crippen LogP contribution in [0.3, 0.4) is 0 Å². The Bertz CT molecular complexity index is 1370. The van der Waals surface area contributed by atoms with Gasteiger partial charge in [-0.2, -0.15) is 0 Å². The topological polar surface area (TPSA) is 97.0 Å². The van der Waals surface area contributed by atoms with Crippen molar-refractivity contribution in [1.29, 1.82) is 0 Å². The van der Waals surface area contributed by atoms with Crippen LogP contribution in [0.25, 0.3) is 0 Å². The predicted molar refractivity (Wildman–Crippen MR) is 137 cm³/mol. The van der Waals surface area contributed by atoms with Crippen molar-refractivity contribution in [2.75, 3.05) is 19.8 Å². The molecule has 3 aromatic rings. The van der Waals surface area contributed by atoms with Crippen LogP contribution in [0.5, 0.6) is 11.5 Å². The highest BCUT2D eigenvalue weighted by atomic mass is 16.6. The summed E-state index contributed by atoms with van der Waals surface area (Å²) >= 11 is 0. The molecule has 2 atom stereocenters. The molecule has 2 aliphatic rings. The second kappa shape index (κ2) is 9.61. The average Bonchev–Trinajstić information content (AvgIpc) is 3.16. The summed E-state index contributed by atoms with van der Waals surface area (Å²) in [6.07, 6.45) is 0. The van der Waals surface area contributed by atoms with Crippen molar-refractivity contribution >= 4 is 17.8 Å². The van der Waals surface area contributed by atoms with Gasteiger partial charge in [0.15, 0.2) is 17.0 Å². The molecule has 0 bridgehead atoms. The van der Waals surface area contributed by atoms with E-state index in [1.165, 1.54) is 0 Å². The number of aryl methyl sites for hydroxylation is 2. The number of carbonyl (C=O) groups excluding carboxylic acids is 3. The van der Waals surface area contributed by atoms with Crippen molar-refractivity contribution < 1.29 is 23.9 Å². The molecule has 190 valence electrons. The normalized spacial score (nSPS) is 19.4. The van der Waals surface area contributed by atoms with Crippen molar-refractivity contribution in [3.63, 3.8) is 0 Å². The number of ether oxygens (including phenoxy) is 2. The number of nitrogens with one attached hydrogen (secondary N) is 2. The number of urea groups is 1. The molecule has 2 heterocycles. The quantitative estimate of drug-likeness (QED) is 0.504. The Labute approximate surface area is 215 Å². The first-order valence-electron chi connectivity index (χ1n) is 12.3. The van der Waals surface area contributed by atoms with Crippen LogP contribution in [0.2, 0.25) is 0 Å². The molecule has 8 heteroatoms. The first-order chi connectivity index (χ1) is 17.8. The van der Waals surface area contributed by atoms with E-state index < -0.39 is 29.9 Å². The average molecular weight is 500 g/mol. The maximum Gasteiger partial charge on any atom is 0.326 e. The number of nitrogens with zero attached hydrogens (tertiary/aromatic N) is 1. The molecule has 37 heavy (non-hydrogen) atoms. The van der Waals surface area contributed by atoms with Gasteiger partial charge in [0.25, 0.3) is 5.91 Å². The van der Waals surface area contributed by atoms with E-state index in [9.17, 15) is 14.4 Å². The first-order valence-corrected chi connectivity index (χ1v) is 12.3. The fourth-order valence-electron chi connectivity index (χ4n) is 4.78. The lowest BCUT2D eigenvalue weighted by atomic mass is 9.81. The molecule has 2 aliphatic heterocycles. The van der Waals surface area contributed by atoms with Gasteiger partial charge in [0.1, 0.15) is 19.8 Å². The minimum absolute atomic E-state index is 0.372. The van der Waals surface area contributed by atoms with Crippen LogP contribution in [-0.2, 0) is 15.1 Å². The zero-order chi connectivity index (χ0) is 26.2. The third-order valence-electron chi connectivity index (χ3n) is 7.00. The lowest BCUT2D eigenvalue weighted by Gasteiger charge is -2.28. The third kappa shape index (κ3) is 4.39. The van der Waals surface area contributed by atoms with Crippen LogP contribution in [0.15, 0.2) is 66.7 Å². The predicted octanol–water partition coefficient (Wildman–Crippen LogP) is 3.75. The minimum Gasteiger partial charge on any atom is -0.486 e. The van der Waals surface area contributed by atoms with Crippen molar-refractivity contribution in [3.05, 3.63) is 94.5 Å². The smallest absolute Gasteiger partial charge is 0.326 e. The molecular formula is C29H29N3O5. The lowest BCUT2D eigenvalue weighted by molar-refractivity contribution is -0.134. The van der Waals surface area contributed by atoms with Gasteiger partial charge >= 0.3 is 6.03 Å². The van der Waals surface area contributed by atoms with Crippen molar-refractivity contribution in [2.45, 2.75) is 32.4 Å². The third-order valence-corrected chi connectivity index (χ3v) is 7.00. The lowest BCUT2D eigenvalue weighted by Crippen LogP contribution is -2.46. The van der Waals surface area contributed by atoms with E-state index in [-0.39, 0.29) is 6.04 Å². The Hall–Kier alpha value is -4.33. The summed E-state index contributed by atoms with van der Waals surface area (Å²) in [5.41, 5.74) is 2.76. The van der Waals surface area contributed by atoms with E-state index in [1.54, 1.807) is 12.1 Å². The van der Waals surface area contributed by atoms with Crippen LogP contribution in [0, 0.1) is 13.8 Å². The number of imide groups is 1. The zero-order valence-corrected chi connectivity index (χ0v) is 21.0. The number of rotatable bonds is 6. The first kappa shape index (κ1) is 24.4. The number of carbonyl (C=O) groups is 3. The molecule has 0 saturated carbocycles. The molecule has 3 aromatic carbocycles. The van der Waals surface area contributed by atoms with Gasteiger partial charge in [-0.1, -0.05) is 54.6 Å². The number of hydrogen-bond acceptors (Lipinski definition) is 5. The SMILES string of the molecule is Cc1ccc([C@@]2(c3ccccc3)NC(=O)N(CC(=O)N[C@H](C)c3ccc4c(c3)OCCO4)C2=O)cc1C. The highest BCUT2D eigenvalue weighted by Gasteiger charge is 2.54. The van der Waals surface area contributed by atoms with E-state index in [0.717, 1.165) is 21.6 Å². The summed E-state index contributed by atoms with van der Waals surface area (Å²) in [6.45, 7) is 6.34. The standard InChI is InChI=1S/C29H29N3O5/c1-18-9-11-23(15-19(18)2)29(22-7-5-4-6-8-22)27(34)32(28(35)31-29)17-26(33)30-20(3)21-10-12-24-25(16-21)37-14-13-36-24/h4-12,15-16,20H,13-14,17H2,1-3H3,(H,30,33)(H,31,35)/t20-,29-/m1/s1. The van der Waals surface area contributed by atoms with E-state index in [1.807, 2.05) is 75.4 Å². The number of fused-ring (bicyclic) bond motifs is 1. The number of hydrogen-bond donors (Lipinski definition) is 2. The van der Waals surface area contributed by atoms with E-state index >= 15 is 0 Å². The van der Waals surface area contributed by atoms with Gasteiger partial charge in [-0.3, -0.25) is 14.5 Å². The molecule has 0 aliphatic carbocycles. The molecule has 0 radical (unpaired) electrons. The van der Waals surface area contributed by atoms with Crippen molar-refractivity contribution in [3.8, 4) is 11.5 Å². The molecule has 2 N–H and O–H groups in total. The summed E-state index contributed by atoms with van der Waals surface area (Å²) in [4.78, 5) is 41.0. The molecule has 0 spiro atoms. The van der Waals surface area contributed by atoms with E-state index in [4.69, 9.17) is 9.47 Å². The maximum atomic E-state index is 13.9. The Morgan fingerprint density at radius 3 is 2.41 bits per heavy atom. The molecule has 1 fully saturated rings. The summed E-state index contributed by atoms with van der Waals surface area (Å²) in [5, 5.41) is 5.78. The van der Waals surface area contributed by atoms with Crippen LogP contribution >= 0.6 is 0 Å². The zero-order valence-electron chi connectivity index (χ0n) is 21.0. The monoisotopic (exact) mass is 499 g/mol. The Morgan fingerprint density at radius 1 is 0.946 bits per heavy atom. The Kier molecular flexibility index (Phi) is 6.33. The van der Waals surface area contributed by atoms with Crippen LogP contribution < -0.4 is 20.1 Å². The van der Waals surface area contributed by atoms with Gasteiger partial charge in [-0.15, -0.1) is 0 Å². The summed E-state index contributed by atoms with van der Waals surface area (Å²) < 4.78 is 11.2. The largest absolute Gasteiger partial charge is 0.486 e. The van der Waals surface area contributed by atoms with Crippen LogP contribution in [0.4, 0.5) is 4.79 Å². The minimum atomic E-state index is -1.42. The molecule has 0 unspecified atom stereocenters. The van der Waals surface area contributed by atoms with Crippen molar-refractivity contribution in [1.82, 2.24) is 15.5 Å². The Balaban J connectivity index is 1.38. The summed E-state index contributed by atoms with van der Waals surface area (Å²) in [7, 11) is 0. The molecule has 5 rings (SSSR count). The molecule has 8 nitrogen and oxygen atoms in total. The van der Waals surface area contributed by atoms with Crippen molar-refractivity contribution in [2.24, 2.45) is 0 Å². The highest BCUT2D eigenvalue weighted by Crippen LogP contribution is 2.37. The van der Waals surface area contributed by atoms with Crippen LogP contribution in [-0.4, -0.2) is 42.5 Å². The van der Waals surface area contributed by atoms with Crippen LogP contribution in [0.1, 0.15) is 40.8 Å². The number of amides is 4. The van der Waals surface area contributed by atoms with Gasteiger partial charge in [-0.05, 0) is 60.7 Å². The van der Waals surface area contributed by atoms with Gasteiger partial charge in [0.2, 0.25) is 5.91 Å². The molecule has 0 aromatic heterocycles. The second-order valence-electron chi connectivity index (χ2n) is 9.43. The van der Waals surface area contributed by atoms with E-state index in [0.29, 0.717) is 35.8 Å². The van der Waals surface area contributed by atoms with Gasteiger partial charge < -0.3 is 20.1 Å².